The maximum absolute atomic E-state index is 14.7. The predicted molar refractivity (Wildman–Crippen MR) is 143 cm³/mol. The Morgan fingerprint density at radius 1 is 1.19 bits per heavy atom. The van der Waals surface area contributed by atoms with Gasteiger partial charge in [0.1, 0.15) is 5.82 Å². The van der Waals surface area contributed by atoms with E-state index < -0.39 is 63.0 Å². The number of methoxy groups -OCH3 is 1. The van der Waals surface area contributed by atoms with E-state index >= 15 is 0 Å². The number of nitrogens with zero attached hydrogens (tertiary/aromatic N) is 3. The smallest absolute Gasteiger partial charge is 0.277 e. The number of halogens is 5. The van der Waals surface area contributed by atoms with E-state index in [0.29, 0.717) is 27.9 Å². The number of ether oxygens (including phenoxy) is 2. The quantitative estimate of drug-likeness (QED) is 0.292. The zero-order valence-electron chi connectivity index (χ0n) is 22.6. The first kappa shape index (κ1) is 30.2. The molecule has 1 aliphatic rings. The molecule has 4 heterocycles. The lowest BCUT2D eigenvalue weighted by atomic mass is 10.0. The number of carbonyl (C=O) groups excluding carboxylic acids is 1. The summed E-state index contributed by atoms with van der Waals surface area (Å²) in [6, 6.07) is 9.09. The Morgan fingerprint density at radius 2 is 1.95 bits per heavy atom. The Kier molecular flexibility index (Phi) is 8.05. The molecule has 0 spiro atoms. The largest absolute Gasteiger partial charge is 0.480 e. The maximum atomic E-state index is 14.7. The van der Waals surface area contributed by atoms with Crippen LogP contribution in [0.4, 0.5) is 22.0 Å². The second kappa shape index (κ2) is 11.4. The van der Waals surface area contributed by atoms with Gasteiger partial charge in [-0.1, -0.05) is 0 Å². The average Bonchev–Trinajstić information content (AvgIpc) is 3.10. The second-order valence-corrected chi connectivity index (χ2v) is 11.8. The molecule has 0 saturated heterocycles. The molecule has 4 aromatic rings. The predicted octanol–water partition coefficient (Wildman–Crippen LogP) is 4.82. The summed E-state index contributed by atoms with van der Waals surface area (Å²) in [7, 11) is -3.31. The topological polar surface area (TPSA) is 120 Å². The van der Waals surface area contributed by atoms with Crippen molar-refractivity contribution in [2.24, 2.45) is 0 Å². The fourth-order valence-corrected chi connectivity index (χ4v) is 5.71. The molecule has 0 unspecified atom stereocenters. The lowest BCUT2D eigenvalue weighted by molar-refractivity contribution is -0.0288. The number of alkyl halides is 4. The van der Waals surface area contributed by atoms with Crippen LogP contribution in [0.1, 0.15) is 34.2 Å². The fourth-order valence-electron chi connectivity index (χ4n) is 4.37. The third kappa shape index (κ3) is 5.73. The van der Waals surface area contributed by atoms with E-state index in [-0.39, 0.29) is 23.6 Å². The Bertz CT molecular complexity index is 1840. The summed E-state index contributed by atoms with van der Waals surface area (Å²) in [5, 5.41) is 3.13. The summed E-state index contributed by atoms with van der Waals surface area (Å²) in [5.41, 5.74) is -5.20. The van der Waals surface area contributed by atoms with E-state index in [1.54, 1.807) is 18.2 Å². The molecular weight excluding hydrogens is 599 g/mol. The number of fused-ring (bicyclic) bond motifs is 2. The molecule has 5 rings (SSSR count). The highest BCUT2D eigenvalue weighted by molar-refractivity contribution is 7.92. The van der Waals surface area contributed by atoms with E-state index in [9.17, 15) is 35.2 Å². The minimum absolute atomic E-state index is 0.115. The van der Waals surface area contributed by atoms with Gasteiger partial charge in [0.05, 0.1) is 59.9 Å². The molecule has 1 aromatic carbocycles. The van der Waals surface area contributed by atoms with Crippen LogP contribution in [0, 0.1) is 5.82 Å². The number of carbonyl (C=O) groups is 1. The van der Waals surface area contributed by atoms with Gasteiger partial charge in [0.15, 0.2) is 0 Å². The number of benzene rings is 1. The van der Waals surface area contributed by atoms with Crippen LogP contribution in [0.5, 0.6) is 5.88 Å². The molecule has 15 heteroatoms. The van der Waals surface area contributed by atoms with Gasteiger partial charge in [0.2, 0.25) is 26.9 Å². The number of pyridine rings is 3. The van der Waals surface area contributed by atoms with Crippen LogP contribution in [0.2, 0.25) is 0 Å². The van der Waals surface area contributed by atoms with Crippen molar-refractivity contribution in [2.45, 2.75) is 42.6 Å². The number of amides is 1. The minimum atomic E-state index is -4.57. The van der Waals surface area contributed by atoms with Crippen molar-refractivity contribution >= 4 is 26.6 Å². The zero-order valence-corrected chi connectivity index (χ0v) is 23.4. The first-order valence-corrected chi connectivity index (χ1v) is 14.2. The van der Waals surface area contributed by atoms with E-state index in [0.717, 1.165) is 25.1 Å². The van der Waals surface area contributed by atoms with E-state index in [1.807, 2.05) is 0 Å². The fraction of sp³-hybridized carbons (Fsp3) is 0.286. The lowest BCUT2D eigenvalue weighted by Gasteiger charge is -2.20. The van der Waals surface area contributed by atoms with Crippen LogP contribution in [-0.4, -0.2) is 54.9 Å². The van der Waals surface area contributed by atoms with Crippen molar-refractivity contribution in [2.75, 3.05) is 13.7 Å². The van der Waals surface area contributed by atoms with Gasteiger partial charge in [0, 0.05) is 22.7 Å². The second-order valence-electron chi connectivity index (χ2n) is 9.78. The van der Waals surface area contributed by atoms with Crippen LogP contribution in [0.15, 0.2) is 53.6 Å². The molecule has 1 amide bonds. The van der Waals surface area contributed by atoms with Gasteiger partial charge in [-0.2, -0.15) is 0 Å². The Balaban J connectivity index is 1.39. The van der Waals surface area contributed by atoms with Crippen LogP contribution >= 0.6 is 0 Å². The van der Waals surface area contributed by atoms with Crippen molar-refractivity contribution in [3.05, 3.63) is 77.0 Å². The van der Waals surface area contributed by atoms with Gasteiger partial charge < -0.3 is 14.8 Å². The molecule has 226 valence electrons. The summed E-state index contributed by atoms with van der Waals surface area (Å²) < 4.78 is 105. The molecule has 1 N–H and O–H groups in total. The highest BCUT2D eigenvalue weighted by Gasteiger charge is 2.39. The van der Waals surface area contributed by atoms with Crippen molar-refractivity contribution in [1.82, 2.24) is 20.3 Å². The number of rotatable bonds is 7. The molecule has 0 radical (unpaired) electrons. The summed E-state index contributed by atoms with van der Waals surface area (Å²) >= 11 is 0. The van der Waals surface area contributed by atoms with Gasteiger partial charge in [-0.15, -0.1) is 0 Å². The number of hydrogen-bond donors (Lipinski definition) is 1. The standard InChI is InChI=1S/C28H23F5N4O5S/c1-28(33,27(31)32)23-6-4-17(26(37-23)41-2)20-5-3-14-10-34-16(9-21(14)36-20)11-35-25(38)15-7-19(29)18-12-42-13-24(30)43(39,40)22(18)8-15/h3-10,24,27H,11-13H2,1-2H3,(H,35,38)/t24-,28-/m1/s1. The van der Waals surface area contributed by atoms with Crippen molar-refractivity contribution < 1.29 is 44.6 Å². The molecule has 1 aliphatic heterocycles. The molecule has 9 nitrogen and oxygen atoms in total. The van der Waals surface area contributed by atoms with E-state index in [4.69, 9.17) is 9.47 Å². The van der Waals surface area contributed by atoms with Crippen molar-refractivity contribution in [3.63, 3.8) is 0 Å². The number of aromatic nitrogens is 3. The van der Waals surface area contributed by atoms with Crippen molar-refractivity contribution in [3.8, 4) is 17.1 Å². The van der Waals surface area contributed by atoms with E-state index in [2.05, 4.69) is 20.3 Å². The van der Waals surface area contributed by atoms with Crippen LogP contribution in [0.3, 0.4) is 0 Å². The lowest BCUT2D eigenvalue weighted by Crippen LogP contribution is -2.26. The monoisotopic (exact) mass is 622 g/mol. The van der Waals surface area contributed by atoms with Gasteiger partial charge in [-0.05, 0) is 49.4 Å². The average molecular weight is 623 g/mol. The summed E-state index contributed by atoms with van der Waals surface area (Å²) in [5.74, 6) is -1.97. The first-order chi connectivity index (χ1) is 20.3. The molecule has 0 fully saturated rings. The Hall–Kier alpha value is -4.24. The Labute approximate surface area is 242 Å². The molecule has 43 heavy (non-hydrogen) atoms. The maximum Gasteiger partial charge on any atom is 0.277 e. The molecule has 0 bridgehead atoms. The Morgan fingerprint density at radius 3 is 2.67 bits per heavy atom. The summed E-state index contributed by atoms with van der Waals surface area (Å²) in [6.07, 6.45) is -1.82. The summed E-state index contributed by atoms with van der Waals surface area (Å²) in [6.45, 7) is -0.662. The highest BCUT2D eigenvalue weighted by atomic mass is 32.2. The third-order valence-electron chi connectivity index (χ3n) is 6.86. The first-order valence-electron chi connectivity index (χ1n) is 12.7. The number of sulfone groups is 1. The van der Waals surface area contributed by atoms with Gasteiger partial charge in [-0.3, -0.25) is 9.78 Å². The van der Waals surface area contributed by atoms with Crippen LogP contribution < -0.4 is 10.1 Å². The normalized spacial score (nSPS) is 17.6. The SMILES string of the molecule is COc1nc([C@@](C)(F)C(F)F)ccc1-c1ccc2cnc(CNC(=O)c3cc(F)c4c(c3)S(=O)(=O)[C@@H](F)COC4)cc2n1. The van der Waals surface area contributed by atoms with Gasteiger partial charge in [-0.25, -0.2) is 40.3 Å². The molecule has 2 atom stereocenters. The minimum Gasteiger partial charge on any atom is -0.480 e. The van der Waals surface area contributed by atoms with Crippen molar-refractivity contribution in [1.29, 1.82) is 0 Å². The molecular formula is C28H23F5N4O5S. The highest BCUT2D eigenvalue weighted by Crippen LogP contribution is 2.36. The molecule has 0 saturated carbocycles. The third-order valence-corrected chi connectivity index (χ3v) is 8.64. The molecule has 3 aromatic heterocycles. The number of nitrogens with one attached hydrogen (secondary N) is 1. The van der Waals surface area contributed by atoms with Gasteiger partial charge in [0.25, 0.3) is 12.3 Å². The number of hydrogen-bond acceptors (Lipinski definition) is 8. The summed E-state index contributed by atoms with van der Waals surface area (Å²) in [4.78, 5) is 24.9. The molecule has 0 aliphatic carbocycles. The van der Waals surface area contributed by atoms with E-state index in [1.165, 1.54) is 19.4 Å². The van der Waals surface area contributed by atoms with Crippen LogP contribution in [-0.2, 0) is 33.4 Å². The zero-order chi connectivity index (χ0) is 31.1. The van der Waals surface area contributed by atoms with Gasteiger partial charge >= 0.3 is 0 Å². The van der Waals surface area contributed by atoms with Crippen LogP contribution in [0.25, 0.3) is 22.2 Å².